The standard InChI is InChI=1S/C18H21FN2O3/c1-12-8-15(24-20-12)9-14-10-21(11-17(14)22)18(23)7-6-13-4-2-3-5-16(13)19/h2-5,8,14,17,22H,6-7,9-11H2,1H3/t14-,17+/m1/s1. The van der Waals surface area contributed by atoms with Gasteiger partial charge < -0.3 is 14.5 Å². The van der Waals surface area contributed by atoms with Crippen LogP contribution in [0.15, 0.2) is 34.9 Å². The number of halogens is 1. The van der Waals surface area contributed by atoms with Crippen LogP contribution in [-0.4, -0.2) is 40.3 Å². The lowest BCUT2D eigenvalue weighted by Crippen LogP contribution is -2.29. The highest BCUT2D eigenvalue weighted by Crippen LogP contribution is 2.23. The Morgan fingerprint density at radius 1 is 1.42 bits per heavy atom. The zero-order valence-electron chi connectivity index (χ0n) is 13.6. The summed E-state index contributed by atoms with van der Waals surface area (Å²) in [6.07, 6.45) is 0.582. The molecule has 3 rings (SSSR count). The summed E-state index contributed by atoms with van der Waals surface area (Å²) in [7, 11) is 0. The summed E-state index contributed by atoms with van der Waals surface area (Å²) in [6, 6.07) is 8.33. The molecule has 1 N–H and O–H groups in total. The molecule has 0 radical (unpaired) electrons. The molecule has 0 aliphatic carbocycles. The molecule has 0 bridgehead atoms. The fourth-order valence-corrected chi connectivity index (χ4v) is 3.13. The van der Waals surface area contributed by atoms with Crippen molar-refractivity contribution in [3.05, 3.63) is 53.2 Å². The lowest BCUT2D eigenvalue weighted by molar-refractivity contribution is -0.130. The first-order valence-corrected chi connectivity index (χ1v) is 8.14. The fraction of sp³-hybridized carbons (Fsp3) is 0.444. The number of aliphatic hydroxyl groups excluding tert-OH is 1. The van der Waals surface area contributed by atoms with Crippen LogP contribution in [0.2, 0.25) is 0 Å². The van der Waals surface area contributed by atoms with Crippen LogP contribution in [0.3, 0.4) is 0 Å². The monoisotopic (exact) mass is 332 g/mol. The predicted octanol–water partition coefficient (Wildman–Crippen LogP) is 2.12. The molecule has 1 aliphatic rings. The van der Waals surface area contributed by atoms with Gasteiger partial charge in [0.25, 0.3) is 0 Å². The third-order valence-corrected chi connectivity index (χ3v) is 4.47. The molecule has 1 fully saturated rings. The molecule has 5 nitrogen and oxygen atoms in total. The van der Waals surface area contributed by atoms with Gasteiger partial charge in [-0.15, -0.1) is 0 Å². The number of aryl methyl sites for hydroxylation is 2. The largest absolute Gasteiger partial charge is 0.391 e. The van der Waals surface area contributed by atoms with Crippen LogP contribution in [0.25, 0.3) is 0 Å². The van der Waals surface area contributed by atoms with Gasteiger partial charge in [0.05, 0.1) is 11.8 Å². The van der Waals surface area contributed by atoms with Gasteiger partial charge in [0, 0.05) is 37.9 Å². The van der Waals surface area contributed by atoms with E-state index in [2.05, 4.69) is 5.16 Å². The molecule has 1 aromatic heterocycles. The molecule has 1 saturated heterocycles. The van der Waals surface area contributed by atoms with Gasteiger partial charge in [0.2, 0.25) is 5.91 Å². The van der Waals surface area contributed by atoms with Gasteiger partial charge in [-0.05, 0) is 25.0 Å². The zero-order valence-corrected chi connectivity index (χ0v) is 13.6. The third-order valence-electron chi connectivity index (χ3n) is 4.47. The van der Waals surface area contributed by atoms with E-state index >= 15 is 0 Å². The number of nitrogens with zero attached hydrogens (tertiary/aromatic N) is 2. The number of aromatic nitrogens is 1. The topological polar surface area (TPSA) is 66.6 Å². The van der Waals surface area contributed by atoms with E-state index in [0.717, 1.165) is 11.5 Å². The average Bonchev–Trinajstić information content (AvgIpc) is 3.13. The number of aliphatic hydroxyl groups is 1. The number of β-amino-alcohol motifs (C(OH)–C–C–N with tert-alkyl or cyclic N) is 1. The number of hydrogen-bond donors (Lipinski definition) is 1. The van der Waals surface area contributed by atoms with E-state index < -0.39 is 6.10 Å². The summed E-state index contributed by atoms with van der Waals surface area (Å²) in [5.41, 5.74) is 1.34. The van der Waals surface area contributed by atoms with Crippen molar-refractivity contribution in [2.45, 2.75) is 32.3 Å². The van der Waals surface area contributed by atoms with E-state index in [4.69, 9.17) is 4.52 Å². The molecule has 1 aromatic carbocycles. The first-order chi connectivity index (χ1) is 11.5. The van der Waals surface area contributed by atoms with E-state index in [-0.39, 0.29) is 24.1 Å². The van der Waals surface area contributed by atoms with Gasteiger partial charge >= 0.3 is 0 Å². The van der Waals surface area contributed by atoms with Crippen molar-refractivity contribution in [3.63, 3.8) is 0 Å². The van der Waals surface area contributed by atoms with Crippen LogP contribution >= 0.6 is 0 Å². The molecule has 0 saturated carbocycles. The maximum Gasteiger partial charge on any atom is 0.223 e. The van der Waals surface area contributed by atoms with Gasteiger partial charge in [0.15, 0.2) is 0 Å². The maximum absolute atomic E-state index is 13.6. The maximum atomic E-state index is 13.6. The summed E-state index contributed by atoms with van der Waals surface area (Å²) >= 11 is 0. The Morgan fingerprint density at radius 3 is 2.92 bits per heavy atom. The molecule has 0 unspecified atom stereocenters. The minimum atomic E-state index is -0.576. The Hall–Kier alpha value is -2.21. The van der Waals surface area contributed by atoms with Crippen molar-refractivity contribution in [1.29, 1.82) is 0 Å². The van der Waals surface area contributed by atoms with Crippen LogP contribution in [0.4, 0.5) is 4.39 Å². The van der Waals surface area contributed by atoms with Crippen molar-refractivity contribution >= 4 is 5.91 Å². The Kier molecular flexibility index (Phi) is 4.94. The smallest absolute Gasteiger partial charge is 0.223 e. The highest BCUT2D eigenvalue weighted by molar-refractivity contribution is 5.76. The summed E-state index contributed by atoms with van der Waals surface area (Å²) in [5, 5.41) is 14.0. The Morgan fingerprint density at radius 2 is 2.21 bits per heavy atom. The first kappa shape index (κ1) is 16.6. The number of likely N-dealkylation sites (tertiary alicyclic amines) is 1. The highest BCUT2D eigenvalue weighted by Gasteiger charge is 2.34. The molecule has 24 heavy (non-hydrogen) atoms. The number of benzene rings is 1. The van der Waals surface area contributed by atoms with E-state index in [1.165, 1.54) is 6.07 Å². The fourth-order valence-electron chi connectivity index (χ4n) is 3.13. The number of hydrogen-bond acceptors (Lipinski definition) is 4. The summed E-state index contributed by atoms with van der Waals surface area (Å²) in [4.78, 5) is 14.0. The lowest BCUT2D eigenvalue weighted by Gasteiger charge is -2.16. The lowest BCUT2D eigenvalue weighted by atomic mass is 10.0. The van der Waals surface area contributed by atoms with Crippen LogP contribution in [0, 0.1) is 18.7 Å². The number of amides is 1. The molecule has 6 heteroatoms. The predicted molar refractivity (Wildman–Crippen MR) is 85.7 cm³/mol. The second kappa shape index (κ2) is 7.13. The molecule has 2 atom stereocenters. The summed E-state index contributed by atoms with van der Waals surface area (Å²) in [5.74, 6) is 0.311. The van der Waals surface area contributed by atoms with Gasteiger partial charge in [0.1, 0.15) is 11.6 Å². The normalized spacial score (nSPS) is 20.5. The Bertz CT molecular complexity index is 716. The number of rotatable bonds is 5. The van der Waals surface area contributed by atoms with E-state index in [9.17, 15) is 14.3 Å². The SMILES string of the molecule is Cc1cc(C[C@@H]2CN(C(=O)CCc3ccccc3F)C[C@@H]2O)on1. The third kappa shape index (κ3) is 3.82. The minimum absolute atomic E-state index is 0.0604. The molecule has 1 amide bonds. The average molecular weight is 332 g/mol. The van der Waals surface area contributed by atoms with Crippen LogP contribution in [-0.2, 0) is 17.6 Å². The molecule has 128 valence electrons. The second-order valence-electron chi connectivity index (χ2n) is 6.36. The molecular formula is C18H21FN2O3. The van der Waals surface area contributed by atoms with Gasteiger partial charge in [-0.2, -0.15) is 0 Å². The van der Waals surface area contributed by atoms with Crippen molar-refractivity contribution < 1.29 is 18.8 Å². The van der Waals surface area contributed by atoms with E-state index in [1.54, 1.807) is 23.1 Å². The minimum Gasteiger partial charge on any atom is -0.391 e. The van der Waals surface area contributed by atoms with Crippen LogP contribution in [0.1, 0.15) is 23.4 Å². The summed E-state index contributed by atoms with van der Waals surface area (Å²) in [6.45, 7) is 2.64. The van der Waals surface area contributed by atoms with Crippen molar-refractivity contribution in [2.24, 2.45) is 5.92 Å². The van der Waals surface area contributed by atoms with Crippen LogP contribution < -0.4 is 0 Å². The second-order valence-corrected chi connectivity index (χ2v) is 6.36. The van der Waals surface area contributed by atoms with Crippen molar-refractivity contribution in [1.82, 2.24) is 10.1 Å². The van der Waals surface area contributed by atoms with Crippen LogP contribution in [0.5, 0.6) is 0 Å². The Labute approximate surface area is 140 Å². The number of carbonyl (C=O) groups excluding carboxylic acids is 1. The molecule has 2 heterocycles. The van der Waals surface area contributed by atoms with Gasteiger partial charge in [-0.1, -0.05) is 23.4 Å². The Balaban J connectivity index is 1.54. The molecule has 0 spiro atoms. The zero-order chi connectivity index (χ0) is 17.1. The van der Waals surface area contributed by atoms with Gasteiger partial charge in [-0.25, -0.2) is 4.39 Å². The summed E-state index contributed by atoms with van der Waals surface area (Å²) < 4.78 is 18.8. The van der Waals surface area contributed by atoms with E-state index in [1.807, 2.05) is 13.0 Å². The van der Waals surface area contributed by atoms with Gasteiger partial charge in [-0.3, -0.25) is 4.79 Å². The quantitative estimate of drug-likeness (QED) is 0.911. The first-order valence-electron chi connectivity index (χ1n) is 8.14. The molecule has 2 aromatic rings. The van der Waals surface area contributed by atoms with Crippen molar-refractivity contribution in [3.8, 4) is 0 Å². The van der Waals surface area contributed by atoms with E-state index in [0.29, 0.717) is 31.5 Å². The van der Waals surface area contributed by atoms with Crippen molar-refractivity contribution in [2.75, 3.05) is 13.1 Å². The number of carbonyl (C=O) groups is 1. The molecule has 1 aliphatic heterocycles. The highest BCUT2D eigenvalue weighted by atomic mass is 19.1. The molecular weight excluding hydrogens is 311 g/mol.